The van der Waals surface area contributed by atoms with Crippen molar-refractivity contribution in [3.63, 3.8) is 0 Å². The molecule has 1 saturated carbocycles. The zero-order chi connectivity index (χ0) is 15.5. The van der Waals surface area contributed by atoms with Gasteiger partial charge in [-0.25, -0.2) is 17.5 Å². The number of benzene rings is 1. The van der Waals surface area contributed by atoms with E-state index >= 15 is 0 Å². The van der Waals surface area contributed by atoms with Crippen molar-refractivity contribution in [2.24, 2.45) is 11.7 Å². The average molecular weight is 314 g/mol. The summed E-state index contributed by atoms with van der Waals surface area (Å²) in [7, 11) is -3.84. The first-order valence-corrected chi connectivity index (χ1v) is 8.91. The van der Waals surface area contributed by atoms with E-state index in [-0.39, 0.29) is 17.5 Å². The fourth-order valence-corrected chi connectivity index (χ4v) is 4.20. The molecule has 118 valence electrons. The molecule has 1 aromatic rings. The molecule has 0 aliphatic heterocycles. The molecule has 0 radical (unpaired) electrons. The fourth-order valence-electron chi connectivity index (χ4n) is 2.77. The highest BCUT2D eigenvalue weighted by atomic mass is 32.2. The van der Waals surface area contributed by atoms with Gasteiger partial charge in [-0.1, -0.05) is 25.8 Å². The lowest BCUT2D eigenvalue weighted by molar-refractivity contribution is 0.482. The number of hydrogen-bond acceptors (Lipinski definition) is 3. The van der Waals surface area contributed by atoms with Gasteiger partial charge < -0.3 is 5.73 Å². The van der Waals surface area contributed by atoms with Crippen molar-refractivity contribution in [1.82, 2.24) is 4.72 Å². The van der Waals surface area contributed by atoms with Crippen LogP contribution in [0, 0.1) is 11.7 Å². The lowest BCUT2D eigenvalue weighted by Crippen LogP contribution is -2.35. The van der Waals surface area contributed by atoms with Crippen molar-refractivity contribution in [3.8, 4) is 0 Å². The maximum Gasteiger partial charge on any atom is 0.243 e. The standard InChI is InChI=1S/C15H23FN2O2S/c1-11-3-2-4-13(7-5-11)18-21(19,20)15-9-12(10-17)6-8-14(15)16/h6,8-9,11,13,18H,2-5,7,10,17H2,1H3. The lowest BCUT2D eigenvalue weighted by Gasteiger charge is -2.17. The van der Waals surface area contributed by atoms with E-state index in [9.17, 15) is 12.8 Å². The van der Waals surface area contributed by atoms with E-state index in [1.807, 2.05) is 0 Å². The highest BCUT2D eigenvalue weighted by molar-refractivity contribution is 7.89. The molecule has 0 bridgehead atoms. The van der Waals surface area contributed by atoms with Crippen LogP contribution in [0.4, 0.5) is 4.39 Å². The largest absolute Gasteiger partial charge is 0.326 e. The smallest absolute Gasteiger partial charge is 0.243 e. The Hall–Kier alpha value is -0.980. The van der Waals surface area contributed by atoms with Gasteiger partial charge in [0.2, 0.25) is 10.0 Å². The van der Waals surface area contributed by atoms with Crippen molar-refractivity contribution >= 4 is 10.0 Å². The zero-order valence-corrected chi connectivity index (χ0v) is 13.1. The van der Waals surface area contributed by atoms with Crippen LogP contribution in [0.15, 0.2) is 23.1 Å². The van der Waals surface area contributed by atoms with Crippen molar-refractivity contribution in [3.05, 3.63) is 29.6 Å². The molecule has 2 atom stereocenters. The monoisotopic (exact) mass is 314 g/mol. The number of rotatable bonds is 4. The molecule has 0 amide bonds. The summed E-state index contributed by atoms with van der Waals surface area (Å²) in [5.41, 5.74) is 6.10. The number of hydrogen-bond donors (Lipinski definition) is 2. The average Bonchev–Trinajstić information content (AvgIpc) is 2.63. The molecule has 2 rings (SSSR count). The Morgan fingerprint density at radius 3 is 2.76 bits per heavy atom. The molecule has 0 spiro atoms. The van der Waals surface area contributed by atoms with Gasteiger partial charge in [-0.15, -0.1) is 0 Å². The fraction of sp³-hybridized carbons (Fsp3) is 0.600. The second kappa shape index (κ2) is 6.85. The summed E-state index contributed by atoms with van der Waals surface area (Å²) in [6.07, 6.45) is 4.73. The van der Waals surface area contributed by atoms with E-state index in [1.54, 1.807) is 0 Å². The van der Waals surface area contributed by atoms with Gasteiger partial charge in [0.25, 0.3) is 0 Å². The Morgan fingerprint density at radius 2 is 2.05 bits per heavy atom. The van der Waals surface area contributed by atoms with Crippen LogP contribution in [0.25, 0.3) is 0 Å². The van der Waals surface area contributed by atoms with Gasteiger partial charge in [0.05, 0.1) is 0 Å². The molecule has 2 unspecified atom stereocenters. The minimum atomic E-state index is -3.84. The van der Waals surface area contributed by atoms with Crippen LogP contribution in [0.3, 0.4) is 0 Å². The van der Waals surface area contributed by atoms with Gasteiger partial charge in [0.1, 0.15) is 10.7 Å². The minimum Gasteiger partial charge on any atom is -0.326 e. The van der Waals surface area contributed by atoms with Gasteiger partial charge in [0, 0.05) is 12.6 Å². The lowest BCUT2D eigenvalue weighted by atomic mass is 10.0. The molecule has 21 heavy (non-hydrogen) atoms. The second-order valence-electron chi connectivity index (χ2n) is 5.90. The first kappa shape index (κ1) is 16.4. The van der Waals surface area contributed by atoms with Gasteiger partial charge in [-0.3, -0.25) is 0 Å². The summed E-state index contributed by atoms with van der Waals surface area (Å²) in [5, 5.41) is 0. The van der Waals surface area contributed by atoms with Gasteiger partial charge in [-0.2, -0.15) is 0 Å². The van der Waals surface area contributed by atoms with Crippen molar-refractivity contribution in [1.29, 1.82) is 0 Å². The summed E-state index contributed by atoms with van der Waals surface area (Å²) in [5.74, 6) is -0.113. The number of nitrogens with two attached hydrogens (primary N) is 1. The Labute approximate surface area is 126 Å². The van der Waals surface area contributed by atoms with E-state index in [1.165, 1.54) is 12.1 Å². The number of halogens is 1. The summed E-state index contributed by atoms with van der Waals surface area (Å²) in [4.78, 5) is -0.303. The van der Waals surface area contributed by atoms with Crippen LogP contribution >= 0.6 is 0 Å². The van der Waals surface area contributed by atoms with E-state index in [0.29, 0.717) is 11.5 Å². The Bertz CT molecular complexity index is 589. The predicted octanol–water partition coefficient (Wildman–Crippen LogP) is 2.53. The van der Waals surface area contributed by atoms with Crippen molar-refractivity contribution in [2.75, 3.05) is 0 Å². The number of nitrogens with one attached hydrogen (secondary N) is 1. The topological polar surface area (TPSA) is 72.2 Å². The third kappa shape index (κ3) is 4.25. The quantitative estimate of drug-likeness (QED) is 0.839. The van der Waals surface area contributed by atoms with Crippen molar-refractivity contribution < 1.29 is 12.8 Å². The third-order valence-corrected chi connectivity index (χ3v) is 5.64. The van der Waals surface area contributed by atoms with Gasteiger partial charge >= 0.3 is 0 Å². The third-order valence-electron chi connectivity index (χ3n) is 4.10. The van der Waals surface area contributed by atoms with E-state index in [2.05, 4.69) is 11.6 Å². The molecular formula is C15H23FN2O2S. The van der Waals surface area contributed by atoms with Crippen LogP contribution in [-0.2, 0) is 16.6 Å². The highest BCUT2D eigenvalue weighted by Crippen LogP contribution is 2.24. The summed E-state index contributed by atoms with van der Waals surface area (Å²) < 4.78 is 41.3. The molecule has 1 aliphatic rings. The summed E-state index contributed by atoms with van der Waals surface area (Å²) in [6, 6.07) is 3.87. The Morgan fingerprint density at radius 1 is 1.29 bits per heavy atom. The predicted molar refractivity (Wildman–Crippen MR) is 80.6 cm³/mol. The van der Waals surface area contributed by atoms with E-state index in [4.69, 9.17) is 5.73 Å². The van der Waals surface area contributed by atoms with Gasteiger partial charge in [0.15, 0.2) is 0 Å². The minimum absolute atomic E-state index is 0.110. The molecule has 1 aliphatic carbocycles. The maximum atomic E-state index is 13.8. The SMILES string of the molecule is CC1CCCC(NS(=O)(=O)c2cc(CN)ccc2F)CC1. The molecule has 1 fully saturated rings. The molecule has 3 N–H and O–H groups in total. The van der Waals surface area contributed by atoms with Crippen LogP contribution < -0.4 is 10.5 Å². The molecule has 0 heterocycles. The maximum absolute atomic E-state index is 13.8. The van der Waals surface area contributed by atoms with E-state index in [0.717, 1.165) is 38.2 Å². The first-order valence-electron chi connectivity index (χ1n) is 7.43. The van der Waals surface area contributed by atoms with Crippen LogP contribution in [0.2, 0.25) is 0 Å². The van der Waals surface area contributed by atoms with Crippen LogP contribution in [-0.4, -0.2) is 14.5 Å². The zero-order valence-electron chi connectivity index (χ0n) is 12.3. The Kier molecular flexibility index (Phi) is 5.35. The molecule has 4 nitrogen and oxygen atoms in total. The number of sulfonamides is 1. The Balaban J connectivity index is 2.18. The van der Waals surface area contributed by atoms with E-state index < -0.39 is 15.8 Å². The first-order chi connectivity index (χ1) is 9.92. The second-order valence-corrected chi connectivity index (χ2v) is 7.58. The normalized spacial score (nSPS) is 23.8. The van der Waals surface area contributed by atoms with Crippen LogP contribution in [0.1, 0.15) is 44.6 Å². The van der Waals surface area contributed by atoms with Gasteiger partial charge in [-0.05, 0) is 42.9 Å². The molecule has 6 heteroatoms. The highest BCUT2D eigenvalue weighted by Gasteiger charge is 2.25. The van der Waals surface area contributed by atoms with Crippen LogP contribution in [0.5, 0.6) is 0 Å². The molecule has 0 saturated heterocycles. The molecular weight excluding hydrogens is 291 g/mol. The molecule has 0 aromatic heterocycles. The summed E-state index contributed by atoms with van der Waals surface area (Å²) in [6.45, 7) is 2.37. The summed E-state index contributed by atoms with van der Waals surface area (Å²) >= 11 is 0. The van der Waals surface area contributed by atoms with Crippen molar-refractivity contribution in [2.45, 2.75) is 56.5 Å². The molecule has 1 aromatic carbocycles.